The van der Waals surface area contributed by atoms with Crippen LogP contribution in [0.4, 0.5) is 0 Å². The molecule has 0 radical (unpaired) electrons. The number of esters is 1. The van der Waals surface area contributed by atoms with Crippen LogP contribution in [-0.2, 0) is 22.6 Å². The second-order valence-electron chi connectivity index (χ2n) is 6.61. The van der Waals surface area contributed by atoms with Crippen LogP contribution < -0.4 is 19.8 Å². The average Bonchev–Trinajstić information content (AvgIpc) is 3.17. The maximum Gasteiger partial charge on any atom is 0.340 e. The van der Waals surface area contributed by atoms with Gasteiger partial charge in [-0.15, -0.1) is 0 Å². The quantitative estimate of drug-likeness (QED) is 0.419. The van der Waals surface area contributed by atoms with Gasteiger partial charge in [-0.05, 0) is 24.6 Å². The van der Waals surface area contributed by atoms with Crippen LogP contribution in [0, 0.1) is 6.92 Å². The van der Waals surface area contributed by atoms with Crippen molar-refractivity contribution in [3.63, 3.8) is 0 Å². The van der Waals surface area contributed by atoms with Gasteiger partial charge in [-0.1, -0.05) is 23.2 Å². The number of fused-ring (bicyclic) bond motifs is 2. The van der Waals surface area contributed by atoms with E-state index >= 15 is 0 Å². The first-order chi connectivity index (χ1) is 14.4. The van der Waals surface area contributed by atoms with Crippen molar-refractivity contribution in [3.8, 4) is 17.2 Å². The van der Waals surface area contributed by atoms with Gasteiger partial charge in [-0.3, -0.25) is 4.79 Å². The largest absolute Gasteiger partial charge is 0.487 e. The molecule has 1 aromatic heterocycles. The second-order valence-corrected chi connectivity index (χ2v) is 7.42. The minimum absolute atomic E-state index is 0.115. The Morgan fingerprint density at radius 2 is 1.83 bits per heavy atom. The molecule has 0 fully saturated rings. The van der Waals surface area contributed by atoms with Crippen LogP contribution in [0.2, 0.25) is 10.0 Å². The molecule has 2 aromatic carbocycles. The zero-order valence-corrected chi connectivity index (χ0v) is 17.6. The van der Waals surface area contributed by atoms with Gasteiger partial charge in [0.15, 0.2) is 11.5 Å². The summed E-state index contributed by atoms with van der Waals surface area (Å²) in [6.45, 7) is 1.98. The van der Waals surface area contributed by atoms with E-state index in [1.807, 2.05) is 0 Å². The number of halogens is 2. The summed E-state index contributed by atoms with van der Waals surface area (Å²) >= 11 is 12.7. The van der Waals surface area contributed by atoms with Crippen LogP contribution in [0.3, 0.4) is 0 Å². The van der Waals surface area contributed by atoms with Gasteiger partial charge in [-0.25, -0.2) is 4.79 Å². The van der Waals surface area contributed by atoms with E-state index in [1.54, 1.807) is 25.1 Å². The Balaban J connectivity index is 1.64. The van der Waals surface area contributed by atoms with Crippen molar-refractivity contribution in [1.29, 1.82) is 0 Å². The average molecular weight is 451 g/mol. The van der Waals surface area contributed by atoms with E-state index in [-0.39, 0.29) is 25.4 Å². The lowest BCUT2D eigenvalue weighted by Crippen LogP contribution is -2.16. The molecule has 3 aromatic rings. The first kappa shape index (κ1) is 20.4. The molecule has 0 bridgehead atoms. The summed E-state index contributed by atoms with van der Waals surface area (Å²) in [7, 11) is 1.26. The normalized spacial score (nSPS) is 12.3. The predicted molar refractivity (Wildman–Crippen MR) is 110 cm³/mol. The zero-order chi connectivity index (χ0) is 21.4. The van der Waals surface area contributed by atoms with Crippen molar-refractivity contribution in [1.82, 2.24) is 0 Å². The van der Waals surface area contributed by atoms with E-state index in [0.717, 1.165) is 0 Å². The van der Waals surface area contributed by atoms with Gasteiger partial charge in [0.2, 0.25) is 6.79 Å². The molecule has 0 atom stereocenters. The maximum atomic E-state index is 12.3. The Labute approximate surface area is 181 Å². The number of methoxy groups -OCH3 is 1. The zero-order valence-electron chi connectivity index (χ0n) is 16.0. The lowest BCUT2D eigenvalue weighted by Gasteiger charge is -2.12. The molecule has 156 valence electrons. The third-order valence-corrected chi connectivity index (χ3v) is 5.46. The van der Waals surface area contributed by atoms with E-state index in [4.69, 9.17) is 41.8 Å². The summed E-state index contributed by atoms with van der Waals surface area (Å²) < 4.78 is 26.5. The molecule has 1 aliphatic heterocycles. The van der Waals surface area contributed by atoms with Crippen molar-refractivity contribution in [3.05, 3.63) is 61.4 Å². The van der Waals surface area contributed by atoms with E-state index < -0.39 is 11.6 Å². The van der Waals surface area contributed by atoms with Crippen molar-refractivity contribution in [2.45, 2.75) is 20.0 Å². The van der Waals surface area contributed by atoms with Gasteiger partial charge in [-0.2, -0.15) is 0 Å². The number of carbonyl (C=O) groups excluding carboxylic acids is 1. The molecule has 0 unspecified atom stereocenters. The third-order valence-electron chi connectivity index (χ3n) is 4.81. The topological polar surface area (TPSA) is 84.2 Å². The monoisotopic (exact) mass is 450 g/mol. The number of benzene rings is 2. The number of rotatable bonds is 5. The van der Waals surface area contributed by atoms with E-state index in [9.17, 15) is 9.59 Å². The fourth-order valence-electron chi connectivity index (χ4n) is 3.15. The molecule has 0 spiro atoms. The highest BCUT2D eigenvalue weighted by atomic mass is 35.5. The summed E-state index contributed by atoms with van der Waals surface area (Å²) in [6, 6.07) is 6.57. The standard InChI is InChI=1S/C21H16Cl2O7/c1-10-12-4-15(23)17(7-16(12)30-21(25)13(10)5-20(24)26-2)27-8-11-3-18-19(6-14(11)22)29-9-28-18/h3-4,6-7H,5,8-9H2,1-2H3. The Bertz CT molecular complexity index is 1220. The van der Waals surface area contributed by atoms with Crippen LogP contribution in [0.1, 0.15) is 16.7 Å². The number of hydrogen-bond donors (Lipinski definition) is 0. The highest BCUT2D eigenvalue weighted by Gasteiger charge is 2.19. The second kappa shape index (κ2) is 8.08. The van der Waals surface area contributed by atoms with Crippen LogP contribution in [0.25, 0.3) is 11.0 Å². The van der Waals surface area contributed by atoms with Gasteiger partial charge in [0.1, 0.15) is 17.9 Å². The number of hydrogen-bond acceptors (Lipinski definition) is 7. The summed E-state index contributed by atoms with van der Waals surface area (Å²) in [5, 5.41) is 1.39. The predicted octanol–water partition coefficient (Wildman–Crippen LogP) is 4.43. The van der Waals surface area contributed by atoms with Gasteiger partial charge < -0.3 is 23.4 Å². The fraction of sp³-hybridized carbons (Fsp3) is 0.238. The molecule has 30 heavy (non-hydrogen) atoms. The van der Waals surface area contributed by atoms with Gasteiger partial charge in [0.05, 0.1) is 29.1 Å². The summed E-state index contributed by atoms with van der Waals surface area (Å²) in [5.41, 5.74) is 1.19. The highest BCUT2D eigenvalue weighted by molar-refractivity contribution is 6.33. The van der Waals surface area contributed by atoms with E-state index in [0.29, 0.717) is 49.4 Å². The molecular formula is C21H16Cl2O7. The first-order valence-electron chi connectivity index (χ1n) is 8.91. The van der Waals surface area contributed by atoms with Crippen LogP contribution in [-0.4, -0.2) is 19.9 Å². The summed E-state index contributed by atoms with van der Waals surface area (Å²) in [6.07, 6.45) is -0.181. The maximum absolute atomic E-state index is 12.3. The molecule has 9 heteroatoms. The van der Waals surface area contributed by atoms with Gasteiger partial charge >= 0.3 is 11.6 Å². The minimum atomic E-state index is -0.613. The van der Waals surface area contributed by atoms with Gasteiger partial charge in [0, 0.05) is 23.1 Å². The lowest BCUT2D eigenvalue weighted by atomic mass is 10.0. The van der Waals surface area contributed by atoms with E-state index in [1.165, 1.54) is 13.2 Å². The molecular weight excluding hydrogens is 435 g/mol. The molecule has 0 amide bonds. The van der Waals surface area contributed by atoms with E-state index in [2.05, 4.69) is 4.74 Å². The Morgan fingerprint density at radius 3 is 2.57 bits per heavy atom. The minimum Gasteiger partial charge on any atom is -0.487 e. The first-order valence-corrected chi connectivity index (χ1v) is 9.66. The van der Waals surface area contributed by atoms with Crippen LogP contribution >= 0.6 is 23.2 Å². The molecule has 0 aliphatic carbocycles. The van der Waals surface area contributed by atoms with Crippen molar-refractivity contribution >= 4 is 40.1 Å². The van der Waals surface area contributed by atoms with Crippen molar-refractivity contribution < 1.29 is 28.2 Å². The number of carbonyl (C=O) groups is 1. The SMILES string of the molecule is COC(=O)Cc1c(C)c2cc(Cl)c(OCc3cc4c(cc3Cl)OCO4)cc2oc1=O. The highest BCUT2D eigenvalue weighted by Crippen LogP contribution is 2.38. The summed E-state index contributed by atoms with van der Waals surface area (Å²) in [4.78, 5) is 23.9. The van der Waals surface area contributed by atoms with Crippen molar-refractivity contribution in [2.75, 3.05) is 13.9 Å². The molecule has 1 aliphatic rings. The summed E-state index contributed by atoms with van der Waals surface area (Å²) in [5.74, 6) is 0.951. The smallest absolute Gasteiger partial charge is 0.340 e. The molecule has 7 nitrogen and oxygen atoms in total. The molecule has 0 saturated carbocycles. The molecule has 4 rings (SSSR count). The Hall–Kier alpha value is -2.90. The third kappa shape index (κ3) is 3.78. The Morgan fingerprint density at radius 1 is 1.10 bits per heavy atom. The molecule has 2 heterocycles. The number of ether oxygens (including phenoxy) is 4. The fourth-order valence-corrected chi connectivity index (χ4v) is 3.57. The van der Waals surface area contributed by atoms with Crippen LogP contribution in [0.5, 0.6) is 17.2 Å². The molecule has 0 N–H and O–H groups in total. The molecule has 0 saturated heterocycles. The number of aryl methyl sites for hydroxylation is 1. The van der Waals surface area contributed by atoms with Gasteiger partial charge in [0.25, 0.3) is 0 Å². The van der Waals surface area contributed by atoms with Crippen molar-refractivity contribution in [2.24, 2.45) is 0 Å². The van der Waals surface area contributed by atoms with Crippen LogP contribution in [0.15, 0.2) is 33.5 Å². The lowest BCUT2D eigenvalue weighted by molar-refractivity contribution is -0.139. The Kier molecular flexibility index (Phi) is 5.49.